The summed E-state index contributed by atoms with van der Waals surface area (Å²) in [5.74, 6) is -0.645. The number of benzene rings is 1. The number of Topliss-reactive ketones (excluding diaryl/α,β-unsaturated/α-hetero) is 1. The molecule has 1 aliphatic rings. The second-order valence-electron chi connectivity index (χ2n) is 16.7. The van der Waals surface area contributed by atoms with Gasteiger partial charge in [-0.15, -0.1) is 0 Å². The summed E-state index contributed by atoms with van der Waals surface area (Å²) in [4.78, 5) is 70.5. The lowest BCUT2D eigenvalue weighted by Gasteiger charge is -2.40. The first-order valence-electron chi connectivity index (χ1n) is 20.8. The Balaban J connectivity index is 2.34. The second-order valence-corrected chi connectivity index (χ2v) is 16.7. The van der Waals surface area contributed by atoms with Gasteiger partial charge in [-0.3, -0.25) is 19.2 Å². The third-order valence-electron chi connectivity index (χ3n) is 11.6. The van der Waals surface area contributed by atoms with Gasteiger partial charge in [-0.05, 0) is 43.1 Å². The van der Waals surface area contributed by atoms with Crippen LogP contribution >= 0.6 is 0 Å². The number of ketones is 1. The Morgan fingerprint density at radius 2 is 1.50 bits per heavy atom. The Kier molecular flexibility index (Phi) is 20.5. The van der Waals surface area contributed by atoms with Crippen LogP contribution in [-0.4, -0.2) is 154 Å². The van der Waals surface area contributed by atoms with Crippen LogP contribution in [0.2, 0.25) is 0 Å². The Bertz CT molecular complexity index is 1390. The van der Waals surface area contributed by atoms with Crippen LogP contribution < -0.4 is 0 Å². The van der Waals surface area contributed by atoms with E-state index in [1.54, 1.807) is 31.1 Å². The van der Waals surface area contributed by atoms with E-state index < -0.39 is 30.1 Å². The SMILES string of the molecule is CCCCN(C)C(=O)[C@@H](CC(=O)[C@H](C)[C@@H](OC)[C@@H]1CCCN1C(=O)C[C@@H](OC)[C@H]([C@@H](C)CC)N(C)C(=O)[C@@H](N=C(N(C)C)N(C)C)C(C)C)Cc1ccccc1. The molecule has 12 nitrogen and oxygen atoms in total. The monoisotopic (exact) mass is 785 g/mol. The molecule has 1 heterocycles. The summed E-state index contributed by atoms with van der Waals surface area (Å²) in [6.07, 6.45) is 3.69. The number of unbranched alkanes of at least 4 members (excludes halogenated alkanes) is 1. The molecule has 0 aliphatic carbocycles. The number of aliphatic imine (C=N–C) groups is 1. The molecule has 0 unspecified atom stereocenters. The lowest BCUT2D eigenvalue weighted by atomic mass is 9.85. The van der Waals surface area contributed by atoms with Crippen LogP contribution in [-0.2, 0) is 35.1 Å². The molecule has 0 N–H and O–H groups in total. The topological polar surface area (TPSA) is 115 Å². The van der Waals surface area contributed by atoms with Gasteiger partial charge in [0.15, 0.2) is 5.96 Å². The highest BCUT2D eigenvalue weighted by atomic mass is 16.5. The van der Waals surface area contributed by atoms with Gasteiger partial charge in [0.1, 0.15) is 11.8 Å². The van der Waals surface area contributed by atoms with Crippen molar-refractivity contribution in [3.63, 3.8) is 0 Å². The maximum Gasteiger partial charge on any atom is 0.247 e. The Morgan fingerprint density at radius 3 is 2.02 bits per heavy atom. The third-order valence-corrected chi connectivity index (χ3v) is 11.6. The van der Waals surface area contributed by atoms with Crippen LogP contribution in [0, 0.1) is 23.7 Å². The van der Waals surface area contributed by atoms with Gasteiger partial charge >= 0.3 is 0 Å². The number of hydrogen-bond donors (Lipinski definition) is 0. The zero-order chi connectivity index (χ0) is 42.3. The summed E-state index contributed by atoms with van der Waals surface area (Å²) in [5.41, 5.74) is 1.01. The lowest BCUT2D eigenvalue weighted by molar-refractivity contribution is -0.146. The number of carbonyl (C=O) groups excluding carboxylic acids is 4. The van der Waals surface area contributed by atoms with Gasteiger partial charge in [-0.2, -0.15) is 0 Å². The Hall–Kier alpha value is -3.51. The van der Waals surface area contributed by atoms with Crippen molar-refractivity contribution in [3.8, 4) is 0 Å². The van der Waals surface area contributed by atoms with Gasteiger partial charge in [0.25, 0.3) is 0 Å². The molecule has 1 aromatic carbocycles. The van der Waals surface area contributed by atoms with Gasteiger partial charge in [-0.1, -0.05) is 84.7 Å². The van der Waals surface area contributed by atoms with Crippen LogP contribution in [0.15, 0.2) is 35.3 Å². The van der Waals surface area contributed by atoms with Crippen LogP contribution in [0.1, 0.15) is 92.1 Å². The number of likely N-dealkylation sites (N-methyl/N-ethyl adjacent to an activating group) is 1. The molecule has 1 aliphatic heterocycles. The van der Waals surface area contributed by atoms with Crippen LogP contribution in [0.5, 0.6) is 0 Å². The summed E-state index contributed by atoms with van der Waals surface area (Å²) in [7, 11) is 14.5. The van der Waals surface area contributed by atoms with Crippen molar-refractivity contribution in [1.82, 2.24) is 24.5 Å². The normalized spacial score (nSPS) is 18.0. The van der Waals surface area contributed by atoms with Crippen LogP contribution in [0.3, 0.4) is 0 Å². The molecular weight excluding hydrogens is 709 g/mol. The molecule has 0 bridgehead atoms. The fraction of sp³-hybridized carbons (Fsp3) is 0.750. The minimum absolute atomic E-state index is 0.0261. The summed E-state index contributed by atoms with van der Waals surface area (Å²) < 4.78 is 12.1. The molecule has 0 spiro atoms. The minimum atomic E-state index is -0.622. The van der Waals surface area contributed by atoms with E-state index >= 15 is 0 Å². The predicted octanol–water partition coefficient (Wildman–Crippen LogP) is 5.49. The molecule has 1 saturated heterocycles. The maximum atomic E-state index is 14.3. The van der Waals surface area contributed by atoms with Crippen LogP contribution in [0.4, 0.5) is 0 Å². The minimum Gasteiger partial charge on any atom is -0.379 e. The Morgan fingerprint density at radius 1 is 0.875 bits per heavy atom. The summed E-state index contributed by atoms with van der Waals surface area (Å²) in [6.45, 7) is 13.3. The third kappa shape index (κ3) is 13.3. The van der Waals surface area contributed by atoms with Crippen molar-refractivity contribution < 1.29 is 28.7 Å². The first-order valence-corrected chi connectivity index (χ1v) is 20.8. The van der Waals surface area contributed by atoms with E-state index in [9.17, 15) is 19.2 Å². The summed E-state index contributed by atoms with van der Waals surface area (Å²) in [5, 5.41) is 0. The molecule has 2 rings (SSSR count). The van der Waals surface area contributed by atoms with Gasteiger partial charge in [0, 0.05) is 87.9 Å². The number of guanidine groups is 1. The standard InChI is InChI=1S/C44H76N6O6/c1-15-17-25-48(11)42(53)34(27-33-22-19-18-20-23-33)28-36(51)32(6)41(56-14)35-24-21-26-50(35)38(52)29-37(55-13)40(31(5)16-2)49(12)43(54)39(30(3)4)45-44(46(7)8)47(9)10/h18-20,22-23,30-32,34-35,37,39-41H,15-17,21,24-29H2,1-14H3/t31-,32-,34+,35-,37+,39-,40-,41+/m0/s1. The first kappa shape index (κ1) is 48.6. The molecule has 1 aromatic rings. The van der Waals surface area contributed by atoms with E-state index in [4.69, 9.17) is 14.5 Å². The lowest BCUT2D eigenvalue weighted by Crippen LogP contribution is -2.55. The van der Waals surface area contributed by atoms with Crippen molar-refractivity contribution in [1.29, 1.82) is 0 Å². The number of methoxy groups -OCH3 is 2. The van der Waals surface area contributed by atoms with Crippen molar-refractivity contribution in [2.24, 2.45) is 28.7 Å². The highest BCUT2D eigenvalue weighted by molar-refractivity contribution is 5.89. The number of nitrogens with zero attached hydrogens (tertiary/aromatic N) is 6. The molecule has 8 atom stereocenters. The van der Waals surface area contributed by atoms with Gasteiger partial charge in [0.2, 0.25) is 17.7 Å². The van der Waals surface area contributed by atoms with Crippen molar-refractivity contribution in [2.75, 3.05) is 69.6 Å². The van der Waals surface area contributed by atoms with Gasteiger partial charge in [-0.25, -0.2) is 4.99 Å². The number of likely N-dealkylation sites (tertiary alicyclic amines) is 1. The number of hydrogen-bond acceptors (Lipinski definition) is 7. The molecular formula is C44H76N6O6. The average molecular weight is 785 g/mol. The molecule has 0 saturated carbocycles. The van der Waals surface area contributed by atoms with Gasteiger partial charge < -0.3 is 34.0 Å². The first-order chi connectivity index (χ1) is 26.4. The largest absolute Gasteiger partial charge is 0.379 e. The molecule has 3 amide bonds. The molecule has 0 radical (unpaired) electrons. The molecule has 56 heavy (non-hydrogen) atoms. The van der Waals surface area contributed by atoms with E-state index in [1.807, 2.05) is 101 Å². The zero-order valence-electron chi connectivity index (χ0n) is 37.3. The van der Waals surface area contributed by atoms with Crippen molar-refractivity contribution in [2.45, 2.75) is 123 Å². The number of ether oxygens (including phenoxy) is 2. The van der Waals surface area contributed by atoms with Gasteiger partial charge in [0.05, 0.1) is 30.7 Å². The van der Waals surface area contributed by atoms with E-state index in [2.05, 4.69) is 20.8 Å². The quantitative estimate of drug-likeness (QED) is 0.112. The average Bonchev–Trinajstić information content (AvgIpc) is 3.65. The molecule has 1 fully saturated rings. The molecule has 318 valence electrons. The number of rotatable bonds is 22. The zero-order valence-corrected chi connectivity index (χ0v) is 37.3. The van der Waals surface area contributed by atoms with E-state index in [1.165, 1.54) is 0 Å². The number of amides is 3. The highest BCUT2D eigenvalue weighted by Crippen LogP contribution is 2.31. The molecule has 0 aromatic heterocycles. The van der Waals surface area contributed by atoms with Crippen molar-refractivity contribution in [3.05, 3.63) is 35.9 Å². The van der Waals surface area contributed by atoms with E-state index in [-0.39, 0.29) is 60.3 Å². The predicted molar refractivity (Wildman–Crippen MR) is 225 cm³/mol. The fourth-order valence-electron chi connectivity index (χ4n) is 8.18. The van der Waals surface area contributed by atoms with E-state index in [0.717, 1.165) is 31.2 Å². The van der Waals surface area contributed by atoms with Crippen LogP contribution in [0.25, 0.3) is 0 Å². The fourth-order valence-corrected chi connectivity index (χ4v) is 8.18. The van der Waals surface area contributed by atoms with E-state index in [0.29, 0.717) is 31.9 Å². The second kappa shape index (κ2) is 23.7. The number of carbonyl (C=O) groups is 4. The van der Waals surface area contributed by atoms with Crippen molar-refractivity contribution >= 4 is 29.5 Å². The highest BCUT2D eigenvalue weighted by Gasteiger charge is 2.43. The Labute approximate surface area is 339 Å². The molecule has 12 heteroatoms. The smallest absolute Gasteiger partial charge is 0.247 e. The summed E-state index contributed by atoms with van der Waals surface area (Å²) in [6, 6.07) is 8.53. The maximum absolute atomic E-state index is 14.3. The summed E-state index contributed by atoms with van der Waals surface area (Å²) >= 11 is 0.